The summed E-state index contributed by atoms with van der Waals surface area (Å²) in [5.41, 5.74) is 0.0331. The monoisotopic (exact) mass is 365 g/mol. The number of amides is 1. The van der Waals surface area contributed by atoms with Crippen LogP contribution >= 0.6 is 0 Å². The Morgan fingerprint density at radius 1 is 1.12 bits per heavy atom. The Balaban J connectivity index is 1.75. The first-order valence-electron chi connectivity index (χ1n) is 7.79. The maximum Gasteiger partial charge on any atom is 0.416 e. The number of alkyl halides is 3. The summed E-state index contributed by atoms with van der Waals surface area (Å²) in [5.74, 6) is 0.644. The second-order valence-electron chi connectivity index (χ2n) is 5.24. The van der Waals surface area contributed by atoms with E-state index in [0.717, 1.165) is 17.7 Å². The van der Waals surface area contributed by atoms with Gasteiger partial charge < -0.3 is 14.8 Å². The summed E-state index contributed by atoms with van der Waals surface area (Å²) in [4.78, 5) is 11.8. The van der Waals surface area contributed by atoms with E-state index in [1.54, 1.807) is 19.3 Å². The summed E-state index contributed by atoms with van der Waals surface area (Å²) in [6, 6.07) is 11.6. The number of rotatable bonds is 7. The van der Waals surface area contributed by atoms with E-state index in [0.29, 0.717) is 11.5 Å². The molecule has 7 heteroatoms. The fourth-order valence-electron chi connectivity index (χ4n) is 2.11. The third kappa shape index (κ3) is 5.84. The van der Waals surface area contributed by atoms with Gasteiger partial charge in [-0.1, -0.05) is 18.2 Å². The van der Waals surface area contributed by atoms with Crippen molar-refractivity contribution in [3.05, 3.63) is 65.7 Å². The minimum atomic E-state index is -4.37. The second kappa shape index (κ2) is 8.94. The zero-order chi connectivity index (χ0) is 19.0. The van der Waals surface area contributed by atoms with Crippen LogP contribution in [0.2, 0.25) is 0 Å². The van der Waals surface area contributed by atoms with Gasteiger partial charge in [-0.05, 0) is 36.4 Å². The minimum Gasteiger partial charge on any atom is -0.496 e. The largest absolute Gasteiger partial charge is 0.496 e. The van der Waals surface area contributed by atoms with Gasteiger partial charge in [0.15, 0.2) is 0 Å². The maximum absolute atomic E-state index is 12.5. The number of methoxy groups -OCH3 is 1. The van der Waals surface area contributed by atoms with Crippen molar-refractivity contribution in [3.63, 3.8) is 0 Å². The van der Waals surface area contributed by atoms with Crippen molar-refractivity contribution in [2.24, 2.45) is 0 Å². The average molecular weight is 365 g/mol. The molecule has 1 N–H and O–H groups in total. The Bertz CT molecular complexity index is 755. The van der Waals surface area contributed by atoms with Gasteiger partial charge in [-0.25, -0.2) is 0 Å². The van der Waals surface area contributed by atoms with E-state index < -0.39 is 11.7 Å². The lowest BCUT2D eigenvalue weighted by atomic mass is 10.2. The van der Waals surface area contributed by atoms with Gasteiger partial charge in [-0.2, -0.15) is 13.2 Å². The Labute approximate surface area is 149 Å². The minimum absolute atomic E-state index is 0.138. The van der Waals surface area contributed by atoms with E-state index in [9.17, 15) is 18.0 Å². The summed E-state index contributed by atoms with van der Waals surface area (Å²) in [5, 5.41) is 2.62. The number of carbonyl (C=O) groups is 1. The zero-order valence-electron chi connectivity index (χ0n) is 14.0. The molecule has 0 aliphatic heterocycles. The lowest BCUT2D eigenvalue weighted by Crippen LogP contribution is -2.26. The van der Waals surface area contributed by atoms with Gasteiger partial charge >= 0.3 is 6.18 Å². The van der Waals surface area contributed by atoms with Gasteiger partial charge in [0.2, 0.25) is 5.91 Å². The van der Waals surface area contributed by atoms with E-state index in [1.807, 2.05) is 18.2 Å². The van der Waals surface area contributed by atoms with Crippen LogP contribution in [-0.2, 0) is 11.0 Å². The summed E-state index contributed by atoms with van der Waals surface area (Å²) < 4.78 is 47.8. The molecule has 0 unspecified atom stereocenters. The molecule has 0 bridgehead atoms. The van der Waals surface area contributed by atoms with Crippen LogP contribution in [0.5, 0.6) is 11.5 Å². The SMILES string of the molecule is COc1ccccc1C=CC(=O)NCCOc1ccc(C(F)(F)F)cc1. The molecule has 2 aromatic carbocycles. The fourth-order valence-corrected chi connectivity index (χ4v) is 2.11. The molecule has 0 atom stereocenters. The predicted octanol–water partition coefficient (Wildman–Crippen LogP) is 3.92. The molecule has 0 aliphatic carbocycles. The van der Waals surface area contributed by atoms with Gasteiger partial charge in [0, 0.05) is 11.6 Å². The standard InChI is InChI=1S/C19H18F3NO3/c1-25-17-5-3-2-4-14(17)6-11-18(24)23-12-13-26-16-9-7-15(8-10-16)19(20,21)22/h2-11H,12-13H2,1H3,(H,23,24). The highest BCUT2D eigenvalue weighted by Crippen LogP contribution is 2.30. The molecule has 0 heterocycles. The zero-order valence-corrected chi connectivity index (χ0v) is 14.0. The van der Waals surface area contributed by atoms with Crippen LogP contribution in [-0.4, -0.2) is 26.2 Å². The van der Waals surface area contributed by atoms with Crippen LogP contribution in [0, 0.1) is 0 Å². The molecule has 0 aromatic heterocycles. The molecule has 0 spiro atoms. The predicted molar refractivity (Wildman–Crippen MR) is 92.0 cm³/mol. The third-order valence-electron chi connectivity index (χ3n) is 3.40. The number of carbonyl (C=O) groups excluding carboxylic acids is 1. The molecule has 0 saturated heterocycles. The first kappa shape index (κ1) is 19.4. The maximum atomic E-state index is 12.5. The van der Waals surface area contributed by atoms with Crippen LogP contribution in [0.1, 0.15) is 11.1 Å². The Morgan fingerprint density at radius 2 is 1.81 bits per heavy atom. The topological polar surface area (TPSA) is 47.6 Å². The summed E-state index contributed by atoms with van der Waals surface area (Å²) in [6.45, 7) is 0.357. The first-order chi connectivity index (χ1) is 12.4. The van der Waals surface area contributed by atoms with Crippen molar-refractivity contribution in [2.45, 2.75) is 6.18 Å². The van der Waals surface area contributed by atoms with E-state index in [2.05, 4.69) is 5.32 Å². The van der Waals surface area contributed by atoms with Crippen molar-refractivity contribution in [3.8, 4) is 11.5 Å². The van der Waals surface area contributed by atoms with E-state index in [-0.39, 0.29) is 19.1 Å². The normalized spacial score (nSPS) is 11.4. The number of hydrogen-bond donors (Lipinski definition) is 1. The second-order valence-corrected chi connectivity index (χ2v) is 5.24. The molecule has 0 radical (unpaired) electrons. The van der Waals surface area contributed by atoms with Crippen molar-refractivity contribution in [1.82, 2.24) is 5.32 Å². The Morgan fingerprint density at radius 3 is 2.46 bits per heavy atom. The van der Waals surface area contributed by atoms with E-state index in [4.69, 9.17) is 9.47 Å². The lowest BCUT2D eigenvalue weighted by molar-refractivity contribution is -0.137. The molecule has 0 fully saturated rings. The molecular formula is C19H18F3NO3. The van der Waals surface area contributed by atoms with Crippen molar-refractivity contribution in [2.75, 3.05) is 20.3 Å². The molecule has 1 amide bonds. The fraction of sp³-hybridized carbons (Fsp3) is 0.211. The highest BCUT2D eigenvalue weighted by molar-refractivity contribution is 5.92. The molecule has 0 aliphatic rings. The highest BCUT2D eigenvalue weighted by atomic mass is 19.4. The van der Waals surface area contributed by atoms with Crippen LogP contribution in [0.3, 0.4) is 0 Å². The van der Waals surface area contributed by atoms with Gasteiger partial charge in [0.25, 0.3) is 0 Å². The smallest absolute Gasteiger partial charge is 0.416 e. The number of benzene rings is 2. The average Bonchev–Trinajstić information content (AvgIpc) is 2.63. The molecule has 2 rings (SSSR count). The number of halogens is 3. The summed E-state index contributed by atoms with van der Waals surface area (Å²) >= 11 is 0. The molecule has 138 valence electrons. The van der Waals surface area contributed by atoms with Crippen LogP contribution < -0.4 is 14.8 Å². The van der Waals surface area contributed by atoms with Gasteiger partial charge in [0.05, 0.1) is 19.2 Å². The number of nitrogens with one attached hydrogen (secondary N) is 1. The summed E-state index contributed by atoms with van der Waals surface area (Å²) in [7, 11) is 1.55. The van der Waals surface area contributed by atoms with Crippen molar-refractivity contribution < 1.29 is 27.4 Å². The molecular weight excluding hydrogens is 347 g/mol. The van der Waals surface area contributed by atoms with Gasteiger partial charge in [-0.3, -0.25) is 4.79 Å². The molecule has 0 saturated carbocycles. The van der Waals surface area contributed by atoms with Gasteiger partial charge in [0.1, 0.15) is 18.1 Å². The molecule has 4 nitrogen and oxygen atoms in total. The number of hydrogen-bond acceptors (Lipinski definition) is 3. The third-order valence-corrected chi connectivity index (χ3v) is 3.40. The van der Waals surface area contributed by atoms with Crippen molar-refractivity contribution >= 4 is 12.0 Å². The van der Waals surface area contributed by atoms with Crippen LogP contribution in [0.25, 0.3) is 6.08 Å². The highest BCUT2D eigenvalue weighted by Gasteiger charge is 2.29. The number of ether oxygens (including phenoxy) is 2. The number of para-hydroxylation sites is 1. The molecule has 2 aromatic rings. The quantitative estimate of drug-likeness (QED) is 0.598. The lowest BCUT2D eigenvalue weighted by Gasteiger charge is -2.09. The van der Waals surface area contributed by atoms with E-state index in [1.165, 1.54) is 18.2 Å². The van der Waals surface area contributed by atoms with Crippen LogP contribution in [0.15, 0.2) is 54.6 Å². The first-order valence-corrected chi connectivity index (χ1v) is 7.79. The van der Waals surface area contributed by atoms with Gasteiger partial charge in [-0.15, -0.1) is 0 Å². The Hall–Kier alpha value is -2.96. The Kier molecular flexibility index (Phi) is 6.66. The van der Waals surface area contributed by atoms with E-state index >= 15 is 0 Å². The van der Waals surface area contributed by atoms with Crippen LogP contribution in [0.4, 0.5) is 13.2 Å². The molecule has 26 heavy (non-hydrogen) atoms. The van der Waals surface area contributed by atoms with Crippen molar-refractivity contribution in [1.29, 1.82) is 0 Å². The summed E-state index contributed by atoms with van der Waals surface area (Å²) in [6.07, 6.45) is -1.37.